The number of carbonyl (C=O) groups is 2. The van der Waals surface area contributed by atoms with E-state index < -0.39 is 20.0 Å². The van der Waals surface area contributed by atoms with Crippen LogP contribution in [0.15, 0.2) is 70.7 Å². The number of hydrogen-bond acceptors (Lipinski definition) is 12. The average molecular weight is 849 g/mol. The van der Waals surface area contributed by atoms with Gasteiger partial charge in [-0.25, -0.2) is 22.0 Å². The zero-order valence-corrected chi connectivity index (χ0v) is 36.1. The first kappa shape index (κ1) is 47.5. The summed E-state index contributed by atoms with van der Waals surface area (Å²) in [6, 6.07) is 17.0. The molecule has 0 spiro atoms. The number of rotatable bonds is 21. The lowest BCUT2D eigenvalue weighted by Crippen LogP contribution is -2.35. The van der Waals surface area contributed by atoms with Crippen LogP contribution in [-0.2, 0) is 56.7 Å². The highest BCUT2D eigenvalue weighted by Gasteiger charge is 2.31. The van der Waals surface area contributed by atoms with Crippen molar-refractivity contribution >= 4 is 31.9 Å². The van der Waals surface area contributed by atoms with E-state index in [1.54, 1.807) is 69.6 Å². The van der Waals surface area contributed by atoms with E-state index in [9.17, 15) is 26.4 Å². The van der Waals surface area contributed by atoms with Crippen LogP contribution >= 0.6 is 0 Å². The molecule has 58 heavy (non-hydrogen) atoms. The summed E-state index contributed by atoms with van der Waals surface area (Å²) >= 11 is 0. The van der Waals surface area contributed by atoms with Crippen LogP contribution in [0.1, 0.15) is 58.8 Å². The molecule has 2 aromatic carbocycles. The Labute approximate surface area is 341 Å². The summed E-state index contributed by atoms with van der Waals surface area (Å²) in [5.41, 5.74) is 1.94. The summed E-state index contributed by atoms with van der Waals surface area (Å²) in [5.74, 6) is 0.763. The van der Waals surface area contributed by atoms with E-state index in [1.807, 2.05) is 38.1 Å². The summed E-state index contributed by atoms with van der Waals surface area (Å²) in [7, 11) is 1.36. The number of aromatic nitrogens is 4. The molecule has 0 bridgehead atoms. The maximum absolute atomic E-state index is 13.9. The number of primary sulfonamides is 1. The maximum Gasteiger partial charge on any atom is 0.272 e. The van der Waals surface area contributed by atoms with Crippen molar-refractivity contribution in [3.8, 4) is 11.5 Å². The van der Waals surface area contributed by atoms with Crippen LogP contribution in [0.2, 0.25) is 0 Å². The molecular formula is C38H56N8O10S2. The Bertz CT molecular complexity index is 2090. The van der Waals surface area contributed by atoms with Crippen LogP contribution in [0, 0.1) is 0 Å². The Hall–Kier alpha value is -4.86. The van der Waals surface area contributed by atoms with Gasteiger partial charge in [0.05, 0.1) is 27.4 Å². The highest BCUT2D eigenvalue weighted by molar-refractivity contribution is 7.89. The van der Waals surface area contributed by atoms with Gasteiger partial charge in [-0.2, -0.15) is 14.5 Å². The maximum atomic E-state index is 13.9. The molecule has 4 rings (SSSR count). The lowest BCUT2D eigenvalue weighted by Gasteiger charge is -2.22. The molecule has 0 aliphatic heterocycles. The molecule has 2 heterocycles. The molecule has 320 valence electrons. The number of benzene rings is 2. The molecule has 0 radical (unpaired) electrons. The second-order valence-electron chi connectivity index (χ2n) is 13.1. The van der Waals surface area contributed by atoms with Gasteiger partial charge in [-0.05, 0) is 48.2 Å². The molecule has 0 aliphatic carbocycles. The second-order valence-corrected chi connectivity index (χ2v) is 16.5. The number of amides is 2. The third-order valence-corrected chi connectivity index (χ3v) is 11.2. The minimum absolute atomic E-state index is 0.105. The molecule has 2 amide bonds. The summed E-state index contributed by atoms with van der Waals surface area (Å²) in [6.45, 7) is 6.83. The fourth-order valence-electron chi connectivity index (χ4n) is 5.67. The van der Waals surface area contributed by atoms with E-state index in [2.05, 4.69) is 10.2 Å². The molecule has 0 aliphatic rings. The molecule has 2 N–H and O–H groups in total. The van der Waals surface area contributed by atoms with Crippen LogP contribution in [0.3, 0.4) is 0 Å². The predicted molar refractivity (Wildman–Crippen MR) is 216 cm³/mol. The van der Waals surface area contributed by atoms with Crippen LogP contribution < -0.4 is 14.6 Å². The third-order valence-electron chi connectivity index (χ3n) is 8.78. The van der Waals surface area contributed by atoms with E-state index in [4.69, 9.17) is 24.1 Å². The Morgan fingerprint density at radius 1 is 0.638 bits per heavy atom. The molecular weight excluding hydrogens is 793 g/mol. The number of aryl methyl sites for hydroxylation is 2. The average Bonchev–Trinajstić information content (AvgIpc) is 3.81. The Morgan fingerprint density at radius 3 is 1.34 bits per heavy atom. The number of carbonyl (C=O) groups excluding carboxylic acids is 2. The van der Waals surface area contributed by atoms with Crippen molar-refractivity contribution in [3.05, 3.63) is 83.2 Å². The molecule has 18 nitrogen and oxygen atoms in total. The van der Waals surface area contributed by atoms with Crippen LogP contribution in [0.4, 0.5) is 0 Å². The largest absolute Gasteiger partial charge is 0.497 e. The highest BCUT2D eigenvalue weighted by atomic mass is 32.2. The van der Waals surface area contributed by atoms with Gasteiger partial charge in [-0.1, -0.05) is 38.1 Å². The van der Waals surface area contributed by atoms with E-state index >= 15 is 0 Å². The number of nitrogens with zero attached hydrogens (tertiary/aromatic N) is 7. The Morgan fingerprint density at radius 2 is 1.02 bits per heavy atom. The van der Waals surface area contributed by atoms with E-state index in [1.165, 1.54) is 32.8 Å². The van der Waals surface area contributed by atoms with Crippen molar-refractivity contribution in [1.29, 1.82) is 0 Å². The van der Waals surface area contributed by atoms with Gasteiger partial charge in [0.1, 0.15) is 22.9 Å². The predicted octanol–water partition coefficient (Wildman–Crippen LogP) is 2.89. The molecule has 0 unspecified atom stereocenters. The van der Waals surface area contributed by atoms with Crippen molar-refractivity contribution in [2.75, 3.05) is 67.8 Å². The van der Waals surface area contributed by atoms with Gasteiger partial charge in [-0.3, -0.25) is 19.0 Å². The van der Waals surface area contributed by atoms with Crippen molar-refractivity contribution in [1.82, 2.24) is 33.7 Å². The lowest BCUT2D eigenvalue weighted by atomic mass is 10.2. The van der Waals surface area contributed by atoms with Crippen LogP contribution in [0.25, 0.3) is 0 Å². The van der Waals surface area contributed by atoms with Crippen molar-refractivity contribution in [2.24, 2.45) is 19.2 Å². The fourth-order valence-corrected chi connectivity index (χ4v) is 7.57. The number of sulfonamides is 2. The summed E-state index contributed by atoms with van der Waals surface area (Å²) in [4.78, 5) is 28.9. The first-order valence-electron chi connectivity index (χ1n) is 18.5. The van der Waals surface area contributed by atoms with Gasteiger partial charge < -0.3 is 28.7 Å². The topological polar surface area (TPSA) is 211 Å². The Kier molecular flexibility index (Phi) is 18.3. The SMILES string of the molecule is CCCN(CCOC)C(=O)c1cc(S(=O)(=O)N(Cc2ccc(OC)cc2)Cc2ccc(OC)cc2)nn1C.CCCN(CCOC)C(=O)c1cc(S(N)(=O)=O)nn1C. The van der Waals surface area contributed by atoms with Crippen molar-refractivity contribution in [2.45, 2.75) is 49.8 Å². The minimum atomic E-state index is -4.08. The molecule has 20 heteroatoms. The molecule has 4 aromatic rings. The first-order chi connectivity index (χ1) is 27.5. The summed E-state index contributed by atoms with van der Waals surface area (Å²) < 4.78 is 74.7. The van der Waals surface area contributed by atoms with Gasteiger partial charge >= 0.3 is 0 Å². The normalized spacial score (nSPS) is 11.6. The monoisotopic (exact) mass is 848 g/mol. The molecule has 0 saturated heterocycles. The number of ether oxygens (including phenoxy) is 4. The van der Waals surface area contributed by atoms with E-state index in [0.29, 0.717) is 50.9 Å². The lowest BCUT2D eigenvalue weighted by molar-refractivity contribution is 0.0679. The molecule has 0 atom stereocenters. The van der Waals surface area contributed by atoms with E-state index in [-0.39, 0.29) is 46.3 Å². The Balaban J connectivity index is 0.000000379. The zero-order chi connectivity index (χ0) is 43.0. The van der Waals surface area contributed by atoms with E-state index in [0.717, 1.165) is 24.0 Å². The standard InChI is InChI=1S/C27H36N4O6S.C11H20N4O4S/c1-6-15-30(16-17-35-3)27(32)25-18-26(28-29(25)2)38(33,34)31(19-21-7-11-23(36-4)12-8-21)20-22-9-13-24(37-5)14-10-22;1-4-5-15(6-7-19-3)11(16)9-8-10(13-14(9)2)20(12,17)18/h7-14,18H,6,15-17,19-20H2,1-5H3;8H,4-7H2,1-3H3,(H2,12,17,18). The second kappa shape index (κ2) is 22.3. The quantitative estimate of drug-likeness (QED) is 0.128. The first-order valence-corrected chi connectivity index (χ1v) is 21.5. The molecule has 0 saturated carbocycles. The number of hydrogen-bond donors (Lipinski definition) is 1. The summed E-state index contributed by atoms with van der Waals surface area (Å²) in [5, 5.41) is 12.5. The highest BCUT2D eigenvalue weighted by Crippen LogP contribution is 2.24. The smallest absolute Gasteiger partial charge is 0.272 e. The molecule has 0 fully saturated rings. The fraction of sp³-hybridized carbons (Fsp3) is 0.474. The third kappa shape index (κ3) is 13.1. The van der Waals surface area contributed by atoms with Gasteiger partial charge in [-0.15, -0.1) is 0 Å². The van der Waals surface area contributed by atoms with Gasteiger partial charge in [0.2, 0.25) is 0 Å². The number of methoxy groups -OCH3 is 4. The minimum Gasteiger partial charge on any atom is -0.497 e. The van der Waals surface area contributed by atoms with Crippen LogP contribution in [0.5, 0.6) is 11.5 Å². The number of nitrogens with two attached hydrogens (primary N) is 1. The van der Waals surface area contributed by atoms with Gasteiger partial charge in [0.25, 0.3) is 31.9 Å². The van der Waals surface area contributed by atoms with Crippen molar-refractivity contribution in [3.63, 3.8) is 0 Å². The zero-order valence-electron chi connectivity index (χ0n) is 34.5. The van der Waals surface area contributed by atoms with Crippen LogP contribution in [-0.4, -0.2) is 130 Å². The van der Waals surface area contributed by atoms with Gasteiger partial charge in [0, 0.05) is 79.7 Å². The van der Waals surface area contributed by atoms with Gasteiger partial charge in [0.15, 0.2) is 10.1 Å². The summed E-state index contributed by atoms with van der Waals surface area (Å²) in [6.07, 6.45) is 1.55. The molecule has 2 aromatic heterocycles. The van der Waals surface area contributed by atoms with Crippen molar-refractivity contribution < 1.29 is 45.4 Å².